The number of anilines is 1. The zero-order valence-electron chi connectivity index (χ0n) is 11.9. The van der Waals surface area contributed by atoms with Gasteiger partial charge in [-0.3, -0.25) is 19.7 Å². The average molecular weight is 326 g/mol. The van der Waals surface area contributed by atoms with E-state index in [1.165, 1.54) is 25.5 Å². The van der Waals surface area contributed by atoms with Crippen molar-refractivity contribution in [3.63, 3.8) is 0 Å². The second-order valence-corrected chi connectivity index (χ2v) is 4.46. The number of rotatable bonds is 5. The van der Waals surface area contributed by atoms with E-state index in [0.717, 1.165) is 17.3 Å². The number of imidazole rings is 1. The van der Waals surface area contributed by atoms with Crippen LogP contribution in [-0.2, 0) is 6.54 Å². The number of carbonyl (C=O) groups excluding carboxylic acids is 1. The first-order chi connectivity index (χ1) is 10.9. The molecule has 0 radical (unpaired) electrons. The molecule has 0 bridgehead atoms. The van der Waals surface area contributed by atoms with Crippen LogP contribution in [0.25, 0.3) is 0 Å². The van der Waals surface area contributed by atoms with E-state index in [2.05, 4.69) is 15.3 Å². The Balaban J connectivity index is 2.09. The summed E-state index contributed by atoms with van der Waals surface area (Å²) in [7, 11) is 1.35. The second kappa shape index (κ2) is 6.77. The number of alkyl halides is 2. The normalized spacial score (nSPS) is 10.6. The monoisotopic (exact) mass is 326 g/mol. The minimum absolute atomic E-state index is 0.0121. The molecule has 0 saturated carbocycles. The van der Waals surface area contributed by atoms with E-state index >= 15 is 0 Å². The van der Waals surface area contributed by atoms with Gasteiger partial charge in [-0.2, -0.15) is 8.78 Å². The van der Waals surface area contributed by atoms with Gasteiger partial charge in [-0.05, 0) is 6.07 Å². The molecule has 2 aromatic heterocycles. The predicted molar refractivity (Wildman–Crippen MR) is 74.9 cm³/mol. The van der Waals surface area contributed by atoms with Crippen molar-refractivity contribution in [1.82, 2.24) is 19.4 Å². The maximum Gasteiger partial charge on any atom is 0.322 e. The summed E-state index contributed by atoms with van der Waals surface area (Å²) in [5.41, 5.74) is -0.414. The lowest BCUT2D eigenvalue weighted by atomic mass is 10.3. The fourth-order valence-electron chi connectivity index (χ4n) is 1.78. The highest BCUT2D eigenvalue weighted by molar-refractivity contribution is 5.91. The minimum Gasteiger partial charge on any atom is -0.320 e. The zero-order valence-corrected chi connectivity index (χ0v) is 11.9. The number of aromatic nitrogens is 3. The number of nitrogens with one attached hydrogen (secondary N) is 1. The molecule has 1 N–H and O–H groups in total. The topological polar surface area (TPSA) is 106 Å². The molecule has 0 unspecified atom stereocenters. The Labute approximate surface area is 128 Å². The van der Waals surface area contributed by atoms with Crippen molar-refractivity contribution < 1.29 is 18.5 Å². The number of halogens is 2. The quantitative estimate of drug-likeness (QED) is 0.670. The number of nitrogens with zero attached hydrogens (tertiary/aromatic N) is 5. The number of amides is 2. The van der Waals surface area contributed by atoms with Crippen LogP contribution >= 0.6 is 0 Å². The molecule has 2 rings (SSSR count). The third-order valence-corrected chi connectivity index (χ3v) is 2.92. The molecule has 0 aliphatic heterocycles. The highest BCUT2D eigenvalue weighted by Gasteiger charge is 2.19. The first kappa shape index (κ1) is 16.3. The Morgan fingerprint density at radius 1 is 1.52 bits per heavy atom. The lowest BCUT2D eigenvalue weighted by Gasteiger charge is -2.18. The highest BCUT2D eigenvalue weighted by Crippen LogP contribution is 2.22. The minimum atomic E-state index is -2.77. The van der Waals surface area contributed by atoms with Gasteiger partial charge in [-0.25, -0.2) is 9.78 Å². The molecule has 0 aliphatic carbocycles. The van der Waals surface area contributed by atoms with Crippen molar-refractivity contribution >= 4 is 17.4 Å². The van der Waals surface area contributed by atoms with Gasteiger partial charge in [0.15, 0.2) is 0 Å². The molecule has 0 spiro atoms. The maximum atomic E-state index is 12.7. The summed E-state index contributed by atoms with van der Waals surface area (Å²) in [6.45, 7) is -2.97. The lowest BCUT2D eigenvalue weighted by Crippen LogP contribution is -2.32. The van der Waals surface area contributed by atoms with E-state index in [4.69, 9.17) is 0 Å². The number of hydrogen-bond acceptors (Lipinski definition) is 5. The molecule has 11 heteroatoms. The maximum absolute atomic E-state index is 12.7. The molecule has 2 amide bonds. The SMILES string of the molecule is CN(Cc1nccn1C(F)F)C(=O)Nc1ccncc1[N+](=O)[O-]. The van der Waals surface area contributed by atoms with Crippen molar-refractivity contribution in [1.29, 1.82) is 0 Å². The molecule has 0 atom stereocenters. The van der Waals surface area contributed by atoms with Gasteiger partial charge in [0.1, 0.15) is 17.7 Å². The van der Waals surface area contributed by atoms with Gasteiger partial charge in [-0.15, -0.1) is 0 Å². The Morgan fingerprint density at radius 2 is 2.26 bits per heavy atom. The van der Waals surface area contributed by atoms with Crippen LogP contribution < -0.4 is 5.32 Å². The molecule has 0 aromatic carbocycles. The Bertz CT molecular complexity index is 720. The van der Waals surface area contributed by atoms with Crippen LogP contribution in [0.5, 0.6) is 0 Å². The molecule has 0 fully saturated rings. The molecule has 0 saturated heterocycles. The van der Waals surface area contributed by atoms with Gasteiger partial charge in [0.2, 0.25) is 0 Å². The predicted octanol–water partition coefficient (Wildman–Crippen LogP) is 2.25. The standard InChI is InChI=1S/C12H12F2N6O3/c1-18(7-10-16-4-5-19(10)11(13)14)12(21)17-8-2-3-15-6-9(8)20(22)23/h2-6,11H,7H2,1H3,(H,15,17,21). The molecule has 2 heterocycles. The van der Waals surface area contributed by atoms with Crippen LogP contribution in [0.1, 0.15) is 12.4 Å². The molecule has 2 aromatic rings. The van der Waals surface area contributed by atoms with Gasteiger partial charge in [0, 0.05) is 25.6 Å². The van der Waals surface area contributed by atoms with Crippen LogP contribution in [0, 0.1) is 10.1 Å². The average Bonchev–Trinajstić information content (AvgIpc) is 2.95. The molecular weight excluding hydrogens is 314 g/mol. The van der Waals surface area contributed by atoms with Gasteiger partial charge in [0.05, 0.1) is 11.5 Å². The van der Waals surface area contributed by atoms with Crippen LogP contribution in [-0.4, -0.2) is 37.4 Å². The first-order valence-corrected chi connectivity index (χ1v) is 6.30. The molecule has 122 valence electrons. The second-order valence-electron chi connectivity index (χ2n) is 4.46. The van der Waals surface area contributed by atoms with Crippen LogP contribution in [0.15, 0.2) is 30.9 Å². The number of pyridine rings is 1. The molecule has 9 nitrogen and oxygen atoms in total. The van der Waals surface area contributed by atoms with E-state index in [9.17, 15) is 23.7 Å². The van der Waals surface area contributed by atoms with Gasteiger partial charge >= 0.3 is 18.3 Å². The van der Waals surface area contributed by atoms with Gasteiger partial charge in [-0.1, -0.05) is 0 Å². The van der Waals surface area contributed by atoms with Gasteiger partial charge in [0.25, 0.3) is 0 Å². The summed E-state index contributed by atoms with van der Waals surface area (Å²) in [4.78, 5) is 30.6. The first-order valence-electron chi connectivity index (χ1n) is 6.30. The fourth-order valence-corrected chi connectivity index (χ4v) is 1.78. The summed E-state index contributed by atoms with van der Waals surface area (Å²) >= 11 is 0. The van der Waals surface area contributed by atoms with E-state index in [0.29, 0.717) is 4.57 Å². The third-order valence-electron chi connectivity index (χ3n) is 2.92. The van der Waals surface area contributed by atoms with Crippen LogP contribution in [0.2, 0.25) is 0 Å². The lowest BCUT2D eigenvalue weighted by molar-refractivity contribution is -0.384. The largest absolute Gasteiger partial charge is 0.322 e. The summed E-state index contributed by atoms with van der Waals surface area (Å²) < 4.78 is 26.1. The van der Waals surface area contributed by atoms with Crippen molar-refractivity contribution in [3.05, 3.63) is 46.8 Å². The summed E-state index contributed by atoms with van der Waals surface area (Å²) in [5, 5.41) is 13.2. The number of carbonyl (C=O) groups is 1. The third kappa shape index (κ3) is 3.75. The number of nitro groups is 1. The fraction of sp³-hybridized carbons (Fsp3) is 0.250. The number of urea groups is 1. The van der Waals surface area contributed by atoms with Crippen LogP contribution in [0.4, 0.5) is 25.0 Å². The smallest absolute Gasteiger partial charge is 0.320 e. The van der Waals surface area contributed by atoms with Crippen molar-refractivity contribution in [3.8, 4) is 0 Å². The summed E-state index contributed by atoms with van der Waals surface area (Å²) in [6.07, 6.45) is 4.58. The van der Waals surface area contributed by atoms with Crippen LogP contribution in [0.3, 0.4) is 0 Å². The Morgan fingerprint density at radius 3 is 2.91 bits per heavy atom. The van der Waals surface area contributed by atoms with E-state index in [1.807, 2.05) is 0 Å². The molecular formula is C12H12F2N6O3. The van der Waals surface area contributed by atoms with Gasteiger partial charge < -0.3 is 10.2 Å². The van der Waals surface area contributed by atoms with Crippen molar-refractivity contribution in [2.75, 3.05) is 12.4 Å². The van der Waals surface area contributed by atoms with Crippen molar-refractivity contribution in [2.45, 2.75) is 13.1 Å². The number of hydrogen-bond donors (Lipinski definition) is 1. The zero-order chi connectivity index (χ0) is 17.0. The summed E-state index contributed by atoms with van der Waals surface area (Å²) in [5.74, 6) is -0.0121. The van der Waals surface area contributed by atoms with E-state index < -0.39 is 17.5 Å². The molecule has 23 heavy (non-hydrogen) atoms. The Kier molecular flexibility index (Phi) is 4.79. The molecule has 0 aliphatic rings. The van der Waals surface area contributed by atoms with Crippen molar-refractivity contribution in [2.24, 2.45) is 0 Å². The van der Waals surface area contributed by atoms with E-state index in [1.54, 1.807) is 0 Å². The summed E-state index contributed by atoms with van der Waals surface area (Å²) in [6, 6.07) is 0.562. The highest BCUT2D eigenvalue weighted by atomic mass is 19.3. The van der Waals surface area contributed by atoms with E-state index in [-0.39, 0.29) is 23.7 Å². The Hall–Kier alpha value is -3.11.